The topological polar surface area (TPSA) is 60.2 Å². The van der Waals surface area contributed by atoms with Crippen molar-refractivity contribution in [1.82, 2.24) is 4.98 Å². The average Bonchev–Trinajstić information content (AvgIpc) is 2.56. The van der Waals surface area contributed by atoms with Crippen LogP contribution in [0.4, 0.5) is 5.82 Å². The van der Waals surface area contributed by atoms with Gasteiger partial charge in [-0.3, -0.25) is 0 Å². The quantitative estimate of drug-likeness (QED) is 0.719. The van der Waals surface area contributed by atoms with Crippen LogP contribution in [0, 0.1) is 6.92 Å². The molecular weight excluding hydrogens is 178 g/mol. The van der Waals surface area contributed by atoms with Crippen LogP contribution in [0.3, 0.4) is 0 Å². The van der Waals surface area contributed by atoms with Crippen LogP contribution in [0.1, 0.15) is 5.56 Å². The Bertz CT molecular complexity index is 316. The second kappa shape index (κ2) is 3.94. The van der Waals surface area contributed by atoms with E-state index in [4.69, 9.17) is 10.5 Å². The van der Waals surface area contributed by atoms with Crippen molar-refractivity contribution in [2.24, 2.45) is 5.73 Å². The van der Waals surface area contributed by atoms with Gasteiger partial charge in [0.05, 0.1) is 25.3 Å². The monoisotopic (exact) mass is 193 g/mol. The number of ether oxygens (including phenoxy) is 1. The summed E-state index contributed by atoms with van der Waals surface area (Å²) in [5.41, 5.74) is 6.99. The third-order valence-electron chi connectivity index (χ3n) is 2.46. The molecule has 3 N–H and O–H groups in total. The summed E-state index contributed by atoms with van der Waals surface area (Å²) in [7, 11) is 0. The van der Waals surface area contributed by atoms with Gasteiger partial charge < -0.3 is 15.8 Å². The smallest absolute Gasteiger partial charge is 0.129 e. The predicted molar refractivity (Wildman–Crippen MR) is 55.2 cm³/mol. The number of nitrogens with one attached hydrogen (secondary N) is 1. The Labute approximate surface area is 83.5 Å². The van der Waals surface area contributed by atoms with Crippen molar-refractivity contribution >= 4 is 5.82 Å². The van der Waals surface area contributed by atoms with Gasteiger partial charge in [-0.25, -0.2) is 4.98 Å². The lowest BCUT2D eigenvalue weighted by Gasteiger charge is -2.16. The number of aryl methyl sites for hydroxylation is 1. The fraction of sp³-hybridized carbons (Fsp3) is 0.500. The molecule has 1 aromatic heterocycles. The summed E-state index contributed by atoms with van der Waals surface area (Å²) in [6.45, 7) is 3.32. The van der Waals surface area contributed by atoms with Gasteiger partial charge in [0.2, 0.25) is 0 Å². The molecule has 2 heterocycles. The van der Waals surface area contributed by atoms with E-state index in [1.54, 1.807) is 6.20 Å². The number of nitrogens with zero attached hydrogens (tertiary/aromatic N) is 1. The van der Waals surface area contributed by atoms with Crippen LogP contribution < -0.4 is 11.1 Å². The van der Waals surface area contributed by atoms with E-state index in [-0.39, 0.29) is 12.1 Å². The highest BCUT2D eigenvalue weighted by Crippen LogP contribution is 2.14. The number of anilines is 1. The predicted octanol–water partition coefficient (Wildman–Crippen LogP) is 0.528. The number of rotatable bonds is 2. The van der Waals surface area contributed by atoms with Crippen molar-refractivity contribution in [1.29, 1.82) is 0 Å². The van der Waals surface area contributed by atoms with Gasteiger partial charge in [-0.15, -0.1) is 0 Å². The molecule has 0 spiro atoms. The highest BCUT2D eigenvalue weighted by Gasteiger charge is 2.24. The number of aromatic nitrogens is 1. The van der Waals surface area contributed by atoms with Crippen molar-refractivity contribution in [2.75, 3.05) is 18.5 Å². The standard InChI is InChI=1S/C10H15N3O/c1-7-3-2-4-12-10(7)13-9-6-14-5-8(9)11/h2-4,8-9H,5-6,11H2,1H3,(H,12,13). The third-order valence-corrected chi connectivity index (χ3v) is 2.46. The van der Waals surface area contributed by atoms with Crippen LogP contribution in [0.2, 0.25) is 0 Å². The highest BCUT2D eigenvalue weighted by atomic mass is 16.5. The molecule has 0 aromatic carbocycles. The number of pyridine rings is 1. The molecule has 1 saturated heterocycles. The van der Waals surface area contributed by atoms with Gasteiger partial charge in [-0.1, -0.05) is 6.07 Å². The van der Waals surface area contributed by atoms with Gasteiger partial charge in [0.1, 0.15) is 5.82 Å². The SMILES string of the molecule is Cc1cccnc1NC1COCC1N. The molecule has 76 valence electrons. The molecule has 2 rings (SSSR count). The van der Waals surface area contributed by atoms with Gasteiger partial charge in [-0.05, 0) is 18.6 Å². The fourth-order valence-electron chi connectivity index (χ4n) is 1.53. The lowest BCUT2D eigenvalue weighted by molar-refractivity contribution is 0.192. The minimum Gasteiger partial charge on any atom is -0.378 e. The van der Waals surface area contributed by atoms with E-state index in [0.29, 0.717) is 13.2 Å². The van der Waals surface area contributed by atoms with Gasteiger partial charge in [0.25, 0.3) is 0 Å². The van der Waals surface area contributed by atoms with Crippen molar-refractivity contribution in [3.05, 3.63) is 23.9 Å². The number of hydrogen-bond acceptors (Lipinski definition) is 4. The molecule has 0 saturated carbocycles. The fourth-order valence-corrected chi connectivity index (χ4v) is 1.53. The molecule has 1 fully saturated rings. The number of hydrogen-bond donors (Lipinski definition) is 2. The molecule has 0 aliphatic carbocycles. The molecule has 14 heavy (non-hydrogen) atoms. The summed E-state index contributed by atoms with van der Waals surface area (Å²) < 4.78 is 5.27. The van der Waals surface area contributed by atoms with Crippen molar-refractivity contribution < 1.29 is 4.74 Å². The van der Waals surface area contributed by atoms with Gasteiger partial charge in [0, 0.05) is 6.20 Å². The van der Waals surface area contributed by atoms with Crippen LogP contribution >= 0.6 is 0 Å². The molecule has 0 amide bonds. The summed E-state index contributed by atoms with van der Waals surface area (Å²) in [6.07, 6.45) is 1.77. The Morgan fingerprint density at radius 3 is 3.07 bits per heavy atom. The minimum absolute atomic E-state index is 0.0661. The zero-order chi connectivity index (χ0) is 9.97. The van der Waals surface area contributed by atoms with Crippen LogP contribution in [0.15, 0.2) is 18.3 Å². The maximum atomic E-state index is 5.86. The van der Waals surface area contributed by atoms with Crippen LogP contribution in [-0.4, -0.2) is 30.3 Å². The normalized spacial score (nSPS) is 26.4. The molecule has 0 bridgehead atoms. The van der Waals surface area contributed by atoms with E-state index in [2.05, 4.69) is 10.3 Å². The van der Waals surface area contributed by atoms with E-state index in [9.17, 15) is 0 Å². The van der Waals surface area contributed by atoms with Crippen LogP contribution in [0.5, 0.6) is 0 Å². The van der Waals surface area contributed by atoms with E-state index in [1.807, 2.05) is 19.1 Å². The Morgan fingerprint density at radius 1 is 1.57 bits per heavy atom. The molecule has 2 atom stereocenters. The lowest BCUT2D eigenvalue weighted by Crippen LogP contribution is -2.39. The third kappa shape index (κ3) is 1.86. The summed E-state index contributed by atoms with van der Waals surface area (Å²) >= 11 is 0. The first kappa shape index (κ1) is 9.43. The highest BCUT2D eigenvalue weighted by molar-refractivity contribution is 5.44. The van der Waals surface area contributed by atoms with Gasteiger partial charge >= 0.3 is 0 Å². The minimum atomic E-state index is 0.0661. The molecule has 4 heteroatoms. The Balaban J connectivity index is 2.07. The van der Waals surface area contributed by atoms with E-state index in [1.165, 1.54) is 0 Å². The van der Waals surface area contributed by atoms with Gasteiger partial charge in [-0.2, -0.15) is 0 Å². The zero-order valence-electron chi connectivity index (χ0n) is 8.23. The first-order chi connectivity index (χ1) is 6.77. The molecule has 4 nitrogen and oxygen atoms in total. The molecule has 1 aliphatic heterocycles. The molecular formula is C10H15N3O. The van der Waals surface area contributed by atoms with Crippen molar-refractivity contribution in [3.63, 3.8) is 0 Å². The largest absolute Gasteiger partial charge is 0.378 e. The summed E-state index contributed by atoms with van der Waals surface area (Å²) in [4.78, 5) is 4.25. The van der Waals surface area contributed by atoms with Crippen molar-refractivity contribution in [2.45, 2.75) is 19.0 Å². The first-order valence-electron chi connectivity index (χ1n) is 4.79. The second-order valence-electron chi connectivity index (χ2n) is 3.62. The maximum Gasteiger partial charge on any atom is 0.129 e. The Hall–Kier alpha value is -1.13. The van der Waals surface area contributed by atoms with E-state index in [0.717, 1.165) is 11.4 Å². The lowest BCUT2D eigenvalue weighted by atomic mass is 10.2. The second-order valence-corrected chi connectivity index (χ2v) is 3.62. The zero-order valence-corrected chi connectivity index (χ0v) is 8.23. The van der Waals surface area contributed by atoms with Crippen molar-refractivity contribution in [3.8, 4) is 0 Å². The molecule has 1 aliphatic rings. The Morgan fingerprint density at radius 2 is 2.43 bits per heavy atom. The summed E-state index contributed by atoms with van der Waals surface area (Å²) in [5, 5.41) is 3.30. The van der Waals surface area contributed by atoms with Crippen LogP contribution in [0.25, 0.3) is 0 Å². The van der Waals surface area contributed by atoms with E-state index < -0.39 is 0 Å². The summed E-state index contributed by atoms with van der Waals surface area (Å²) in [5.74, 6) is 0.901. The van der Waals surface area contributed by atoms with Crippen LogP contribution in [-0.2, 0) is 4.74 Å². The first-order valence-corrected chi connectivity index (χ1v) is 4.79. The Kier molecular flexibility index (Phi) is 2.65. The number of nitrogens with two attached hydrogens (primary N) is 1. The maximum absolute atomic E-state index is 5.86. The molecule has 0 radical (unpaired) electrons. The average molecular weight is 193 g/mol. The molecule has 1 aromatic rings. The molecule has 2 unspecified atom stereocenters. The summed E-state index contributed by atoms with van der Waals surface area (Å²) in [6, 6.07) is 4.20. The van der Waals surface area contributed by atoms with Gasteiger partial charge in [0.15, 0.2) is 0 Å². The van der Waals surface area contributed by atoms with E-state index >= 15 is 0 Å².